The first-order chi connectivity index (χ1) is 16.2. The van der Waals surface area contributed by atoms with Gasteiger partial charge in [-0.25, -0.2) is 4.98 Å². The van der Waals surface area contributed by atoms with Crippen molar-refractivity contribution in [3.8, 4) is 0 Å². The van der Waals surface area contributed by atoms with Crippen molar-refractivity contribution in [2.24, 2.45) is 5.92 Å². The van der Waals surface area contributed by atoms with Crippen molar-refractivity contribution in [1.29, 1.82) is 0 Å². The van der Waals surface area contributed by atoms with Gasteiger partial charge in [0, 0.05) is 36.8 Å². The van der Waals surface area contributed by atoms with E-state index < -0.39 is 0 Å². The van der Waals surface area contributed by atoms with Crippen LogP contribution in [0.15, 0.2) is 30.3 Å². The van der Waals surface area contributed by atoms with Crippen molar-refractivity contribution < 1.29 is 4.79 Å². The van der Waals surface area contributed by atoms with Crippen LogP contribution in [-0.4, -0.2) is 44.1 Å². The van der Waals surface area contributed by atoms with Crippen LogP contribution < -0.4 is 5.32 Å². The molecule has 3 aromatic heterocycles. The van der Waals surface area contributed by atoms with Gasteiger partial charge in [0.05, 0.1) is 17.6 Å². The summed E-state index contributed by atoms with van der Waals surface area (Å²) in [6.07, 6.45) is 9.18. The van der Waals surface area contributed by atoms with E-state index in [1.807, 2.05) is 25.1 Å². The highest BCUT2D eigenvalue weighted by Gasteiger charge is 2.28. The molecule has 2 aliphatic rings. The Morgan fingerprint density at radius 2 is 1.97 bits per heavy atom. The van der Waals surface area contributed by atoms with E-state index >= 15 is 0 Å². The molecule has 2 N–H and O–H groups in total. The summed E-state index contributed by atoms with van der Waals surface area (Å²) in [6, 6.07) is 10.2. The molecule has 7 heteroatoms. The zero-order chi connectivity index (χ0) is 22.6. The standard InChI is InChI=1S/C26H34N6O/c1-18-7-5-11-21(28-18)16-27-25-22-12-13-23(29-26(22)31-30-25)20-10-6-14-32(17-20)24(33)15-19-8-3-2-4-9-19/h5,7,11-13,19-20H,2-4,6,8-10,14-17H2,1H3,(H2,27,29,30,31)/t20-/m1/s1. The van der Waals surface area contributed by atoms with E-state index in [2.05, 4.69) is 37.5 Å². The van der Waals surface area contributed by atoms with E-state index in [1.54, 1.807) is 0 Å². The number of pyridine rings is 2. The Morgan fingerprint density at radius 1 is 1.09 bits per heavy atom. The number of rotatable bonds is 6. The van der Waals surface area contributed by atoms with Crippen LogP contribution in [0.25, 0.3) is 11.0 Å². The molecule has 0 spiro atoms. The van der Waals surface area contributed by atoms with E-state index in [0.717, 1.165) is 66.3 Å². The van der Waals surface area contributed by atoms with Crippen molar-refractivity contribution in [1.82, 2.24) is 25.1 Å². The number of hydrogen-bond donors (Lipinski definition) is 2. The van der Waals surface area contributed by atoms with Crippen molar-refractivity contribution in [2.75, 3.05) is 18.4 Å². The third-order valence-electron chi connectivity index (χ3n) is 7.21. The molecule has 174 valence electrons. The molecule has 1 saturated carbocycles. The average molecular weight is 447 g/mol. The van der Waals surface area contributed by atoms with Crippen molar-refractivity contribution >= 4 is 22.8 Å². The smallest absolute Gasteiger partial charge is 0.222 e. The van der Waals surface area contributed by atoms with Crippen LogP contribution in [0.2, 0.25) is 0 Å². The average Bonchev–Trinajstić information content (AvgIpc) is 3.26. The molecule has 33 heavy (non-hydrogen) atoms. The first kappa shape index (κ1) is 21.9. The minimum atomic E-state index is 0.287. The summed E-state index contributed by atoms with van der Waals surface area (Å²) in [7, 11) is 0. The molecular weight excluding hydrogens is 412 g/mol. The van der Waals surface area contributed by atoms with Gasteiger partial charge in [-0.15, -0.1) is 0 Å². The Kier molecular flexibility index (Phi) is 6.55. The second-order valence-corrected chi connectivity index (χ2v) is 9.72. The monoisotopic (exact) mass is 446 g/mol. The zero-order valence-corrected chi connectivity index (χ0v) is 19.5. The highest BCUT2D eigenvalue weighted by molar-refractivity contribution is 5.87. The Balaban J connectivity index is 1.23. The lowest BCUT2D eigenvalue weighted by molar-refractivity contribution is -0.133. The fourth-order valence-corrected chi connectivity index (χ4v) is 5.37. The Bertz CT molecular complexity index is 1100. The molecule has 1 aliphatic carbocycles. The van der Waals surface area contributed by atoms with E-state index in [1.165, 1.54) is 32.1 Å². The highest BCUT2D eigenvalue weighted by Crippen LogP contribution is 2.31. The number of hydrogen-bond acceptors (Lipinski definition) is 5. The van der Waals surface area contributed by atoms with Gasteiger partial charge in [-0.3, -0.25) is 14.9 Å². The van der Waals surface area contributed by atoms with E-state index in [-0.39, 0.29) is 5.92 Å². The molecule has 3 aromatic rings. The third kappa shape index (κ3) is 5.18. The Labute approximate surface area is 195 Å². The van der Waals surface area contributed by atoms with Gasteiger partial charge in [0.2, 0.25) is 5.91 Å². The first-order valence-corrected chi connectivity index (χ1v) is 12.4. The number of anilines is 1. The fraction of sp³-hybridized carbons (Fsp3) is 0.538. The van der Waals surface area contributed by atoms with Gasteiger partial charge >= 0.3 is 0 Å². The number of nitrogens with one attached hydrogen (secondary N) is 2. The number of likely N-dealkylation sites (tertiary alicyclic amines) is 1. The molecular formula is C26H34N6O. The van der Waals surface area contributed by atoms with Gasteiger partial charge in [0.1, 0.15) is 0 Å². The van der Waals surface area contributed by atoms with Gasteiger partial charge < -0.3 is 10.2 Å². The number of aryl methyl sites for hydroxylation is 1. The number of aromatic amines is 1. The molecule has 2 fully saturated rings. The Hall–Kier alpha value is -2.96. The van der Waals surface area contributed by atoms with Crippen LogP contribution in [-0.2, 0) is 11.3 Å². The van der Waals surface area contributed by atoms with Gasteiger partial charge in [-0.05, 0) is 62.8 Å². The summed E-state index contributed by atoms with van der Waals surface area (Å²) < 4.78 is 0. The number of carbonyl (C=O) groups is 1. The summed E-state index contributed by atoms with van der Waals surface area (Å²) in [4.78, 5) is 24.5. The minimum Gasteiger partial charge on any atom is -0.362 e. The molecule has 1 aliphatic heterocycles. The molecule has 0 aromatic carbocycles. The number of fused-ring (bicyclic) bond motifs is 1. The first-order valence-electron chi connectivity index (χ1n) is 12.4. The predicted molar refractivity (Wildman–Crippen MR) is 130 cm³/mol. The van der Waals surface area contributed by atoms with Crippen molar-refractivity contribution in [2.45, 2.75) is 70.8 Å². The molecule has 1 atom stereocenters. The van der Waals surface area contributed by atoms with Crippen LogP contribution in [0.1, 0.15) is 74.4 Å². The van der Waals surface area contributed by atoms with Gasteiger partial charge in [-0.1, -0.05) is 25.3 Å². The number of aromatic nitrogens is 4. The van der Waals surface area contributed by atoms with E-state index in [9.17, 15) is 4.79 Å². The molecule has 1 amide bonds. The molecule has 0 bridgehead atoms. The number of amides is 1. The van der Waals surface area contributed by atoms with Crippen LogP contribution in [0, 0.1) is 12.8 Å². The lowest BCUT2D eigenvalue weighted by Gasteiger charge is -2.34. The second kappa shape index (κ2) is 9.89. The molecule has 4 heterocycles. The summed E-state index contributed by atoms with van der Waals surface area (Å²) in [5.74, 6) is 2.01. The van der Waals surface area contributed by atoms with Crippen LogP contribution in [0.3, 0.4) is 0 Å². The quantitative estimate of drug-likeness (QED) is 0.559. The maximum atomic E-state index is 12.9. The third-order valence-corrected chi connectivity index (χ3v) is 7.21. The fourth-order valence-electron chi connectivity index (χ4n) is 5.37. The number of piperidine rings is 1. The largest absolute Gasteiger partial charge is 0.362 e. The molecule has 5 rings (SSSR count). The van der Waals surface area contributed by atoms with Gasteiger partial charge in [-0.2, -0.15) is 5.10 Å². The number of H-pyrrole nitrogens is 1. The van der Waals surface area contributed by atoms with Gasteiger partial charge in [0.25, 0.3) is 0 Å². The molecule has 1 saturated heterocycles. The lowest BCUT2D eigenvalue weighted by Crippen LogP contribution is -2.40. The minimum absolute atomic E-state index is 0.287. The summed E-state index contributed by atoms with van der Waals surface area (Å²) in [5, 5.41) is 11.9. The number of carbonyl (C=O) groups excluding carboxylic acids is 1. The highest BCUT2D eigenvalue weighted by atomic mass is 16.2. The summed E-state index contributed by atoms with van der Waals surface area (Å²) in [6.45, 7) is 4.27. The van der Waals surface area contributed by atoms with Crippen LogP contribution >= 0.6 is 0 Å². The molecule has 7 nitrogen and oxygen atoms in total. The van der Waals surface area contributed by atoms with E-state index in [4.69, 9.17) is 4.98 Å². The van der Waals surface area contributed by atoms with E-state index in [0.29, 0.717) is 18.4 Å². The van der Waals surface area contributed by atoms with Crippen molar-refractivity contribution in [3.63, 3.8) is 0 Å². The maximum absolute atomic E-state index is 12.9. The predicted octanol–water partition coefficient (Wildman–Crippen LogP) is 4.95. The maximum Gasteiger partial charge on any atom is 0.222 e. The second-order valence-electron chi connectivity index (χ2n) is 9.72. The van der Waals surface area contributed by atoms with Crippen LogP contribution in [0.5, 0.6) is 0 Å². The van der Waals surface area contributed by atoms with Crippen LogP contribution in [0.4, 0.5) is 5.82 Å². The van der Waals surface area contributed by atoms with Crippen molar-refractivity contribution in [3.05, 3.63) is 47.4 Å². The number of nitrogens with zero attached hydrogens (tertiary/aromatic N) is 4. The lowest BCUT2D eigenvalue weighted by atomic mass is 9.86. The zero-order valence-electron chi connectivity index (χ0n) is 19.5. The Morgan fingerprint density at radius 3 is 2.82 bits per heavy atom. The van der Waals surface area contributed by atoms with Gasteiger partial charge in [0.15, 0.2) is 11.5 Å². The summed E-state index contributed by atoms with van der Waals surface area (Å²) >= 11 is 0. The normalized spacial score (nSPS) is 19.7. The summed E-state index contributed by atoms with van der Waals surface area (Å²) in [5.41, 5.74) is 3.83. The molecule has 0 unspecified atom stereocenters. The SMILES string of the molecule is Cc1cccc(CNc2n[nH]c3nc([C@@H]4CCCN(C(=O)CC5CCCCC5)C4)ccc23)n1. The molecule has 0 radical (unpaired) electrons. The topological polar surface area (TPSA) is 86.8 Å².